The molecular formula is C29H34FN3O3S. The summed E-state index contributed by atoms with van der Waals surface area (Å²) in [6.07, 6.45) is 4.63. The van der Waals surface area contributed by atoms with Gasteiger partial charge in [0.1, 0.15) is 5.82 Å². The fourth-order valence-corrected chi connectivity index (χ4v) is 7.17. The number of aliphatic hydroxyl groups is 1. The zero-order valence-corrected chi connectivity index (χ0v) is 22.6. The number of piperidine rings is 1. The molecule has 2 aromatic carbocycles. The number of fused-ring (bicyclic) bond motifs is 2. The molecule has 1 fully saturated rings. The molecule has 6 nitrogen and oxygen atoms in total. The molecule has 3 aromatic rings. The van der Waals surface area contributed by atoms with E-state index in [-0.39, 0.29) is 22.7 Å². The lowest BCUT2D eigenvalue weighted by Gasteiger charge is -2.48. The van der Waals surface area contributed by atoms with Gasteiger partial charge in [-0.25, -0.2) is 17.5 Å². The second-order valence-electron chi connectivity index (χ2n) is 11.2. The molecule has 2 aliphatic rings. The highest BCUT2D eigenvalue weighted by atomic mass is 32.2. The highest BCUT2D eigenvalue weighted by Crippen LogP contribution is 2.48. The van der Waals surface area contributed by atoms with Gasteiger partial charge in [0.2, 0.25) is 10.0 Å². The van der Waals surface area contributed by atoms with Crippen molar-refractivity contribution in [2.24, 2.45) is 5.41 Å². The van der Waals surface area contributed by atoms with Crippen molar-refractivity contribution in [2.75, 3.05) is 13.1 Å². The van der Waals surface area contributed by atoms with Gasteiger partial charge < -0.3 is 5.11 Å². The molecule has 37 heavy (non-hydrogen) atoms. The second kappa shape index (κ2) is 9.19. The number of hydrogen-bond donors (Lipinski definition) is 1. The van der Waals surface area contributed by atoms with E-state index < -0.39 is 21.5 Å². The SMILES string of the molecule is CC[C@@H](O)C12Cc3cnn(-c4ccc(F)cc4)c3C=C1CCN(S(=O)(=O)c1ccc(C(C)(C)C)cc1)C2. The highest BCUT2D eigenvalue weighted by Gasteiger charge is 2.49. The van der Waals surface area contributed by atoms with Crippen LogP contribution in [0, 0.1) is 11.2 Å². The first-order valence-electron chi connectivity index (χ1n) is 12.8. The summed E-state index contributed by atoms with van der Waals surface area (Å²) in [6.45, 7) is 8.76. The van der Waals surface area contributed by atoms with Gasteiger partial charge in [-0.1, -0.05) is 45.4 Å². The van der Waals surface area contributed by atoms with Crippen molar-refractivity contribution >= 4 is 16.1 Å². The molecule has 2 atom stereocenters. The van der Waals surface area contributed by atoms with Crippen LogP contribution < -0.4 is 0 Å². The van der Waals surface area contributed by atoms with E-state index in [2.05, 4.69) is 31.9 Å². The predicted molar refractivity (Wildman–Crippen MR) is 142 cm³/mol. The Morgan fingerprint density at radius 3 is 2.41 bits per heavy atom. The maximum atomic E-state index is 13.7. The van der Waals surface area contributed by atoms with E-state index in [4.69, 9.17) is 0 Å². The minimum atomic E-state index is -3.74. The molecule has 0 saturated carbocycles. The van der Waals surface area contributed by atoms with Crippen molar-refractivity contribution in [2.45, 2.75) is 63.4 Å². The molecule has 8 heteroatoms. The quantitative estimate of drug-likeness (QED) is 0.505. The number of rotatable bonds is 5. The maximum absolute atomic E-state index is 13.7. The molecule has 1 aromatic heterocycles. The molecule has 5 rings (SSSR count). The minimum Gasteiger partial charge on any atom is -0.392 e. The van der Waals surface area contributed by atoms with Crippen molar-refractivity contribution < 1.29 is 17.9 Å². The maximum Gasteiger partial charge on any atom is 0.243 e. The third kappa shape index (κ3) is 4.45. The van der Waals surface area contributed by atoms with Crippen LogP contribution in [0.2, 0.25) is 0 Å². The summed E-state index contributed by atoms with van der Waals surface area (Å²) in [6, 6.07) is 13.3. The standard InChI is InChI=1S/C29H34FN3O3S/c1-5-27(34)29-17-20-18-31-33(24-10-8-23(30)9-11-24)26(20)16-22(29)14-15-32(19-29)37(35,36)25-12-6-21(7-13-25)28(2,3)4/h6-13,16,18,27,34H,5,14-15,17,19H2,1-4H3/t27-,29?/m1/s1. The van der Waals surface area contributed by atoms with Gasteiger partial charge in [0, 0.05) is 18.5 Å². The van der Waals surface area contributed by atoms with Gasteiger partial charge >= 0.3 is 0 Å². The Hall–Kier alpha value is -2.81. The van der Waals surface area contributed by atoms with Crippen LogP contribution in [0.3, 0.4) is 0 Å². The molecule has 1 saturated heterocycles. The van der Waals surface area contributed by atoms with Crippen LogP contribution in [0.5, 0.6) is 0 Å². The monoisotopic (exact) mass is 523 g/mol. The van der Waals surface area contributed by atoms with E-state index in [1.807, 2.05) is 19.1 Å². The molecule has 0 bridgehead atoms. The van der Waals surface area contributed by atoms with Crippen molar-refractivity contribution in [3.8, 4) is 5.69 Å². The fourth-order valence-electron chi connectivity index (χ4n) is 5.66. The Bertz CT molecular complexity index is 1440. The normalized spacial score (nSPS) is 21.2. The van der Waals surface area contributed by atoms with Gasteiger partial charge in [0.25, 0.3) is 0 Å². The zero-order chi connectivity index (χ0) is 26.6. The van der Waals surface area contributed by atoms with Gasteiger partial charge in [-0.05, 0) is 78.3 Å². The van der Waals surface area contributed by atoms with Crippen molar-refractivity contribution in [3.63, 3.8) is 0 Å². The molecular weight excluding hydrogens is 489 g/mol. The zero-order valence-electron chi connectivity index (χ0n) is 21.8. The van der Waals surface area contributed by atoms with E-state index >= 15 is 0 Å². The Balaban J connectivity index is 1.50. The van der Waals surface area contributed by atoms with Gasteiger partial charge in [-0.3, -0.25) is 0 Å². The average Bonchev–Trinajstić information content (AvgIpc) is 3.28. The summed E-state index contributed by atoms with van der Waals surface area (Å²) >= 11 is 0. The van der Waals surface area contributed by atoms with E-state index in [1.165, 1.54) is 16.4 Å². The number of halogens is 1. The van der Waals surface area contributed by atoms with Crippen LogP contribution in [0.15, 0.2) is 65.2 Å². The molecule has 0 radical (unpaired) electrons. The van der Waals surface area contributed by atoms with Gasteiger partial charge in [0.05, 0.1) is 28.6 Å². The lowest BCUT2D eigenvalue weighted by Crippen LogP contribution is -2.54. The van der Waals surface area contributed by atoms with E-state index in [0.29, 0.717) is 25.8 Å². The number of sulfonamides is 1. The summed E-state index contributed by atoms with van der Waals surface area (Å²) in [5.74, 6) is -0.310. The molecule has 1 aliphatic carbocycles. The first-order valence-corrected chi connectivity index (χ1v) is 14.2. The van der Waals surface area contributed by atoms with Crippen molar-refractivity contribution in [3.05, 3.63) is 82.9 Å². The van der Waals surface area contributed by atoms with Crippen molar-refractivity contribution in [1.82, 2.24) is 14.1 Å². The fraction of sp³-hybridized carbons (Fsp3) is 0.414. The van der Waals surface area contributed by atoms with Crippen LogP contribution in [0.1, 0.15) is 57.4 Å². The summed E-state index contributed by atoms with van der Waals surface area (Å²) in [4.78, 5) is 0.273. The number of aliphatic hydroxyl groups excluding tert-OH is 1. The smallest absolute Gasteiger partial charge is 0.243 e. The van der Waals surface area contributed by atoms with Crippen LogP contribution in [-0.4, -0.2) is 46.8 Å². The van der Waals surface area contributed by atoms with Gasteiger partial charge in [-0.15, -0.1) is 0 Å². The Morgan fingerprint density at radius 1 is 1.11 bits per heavy atom. The van der Waals surface area contributed by atoms with Crippen molar-refractivity contribution in [1.29, 1.82) is 0 Å². The Kier molecular flexibility index (Phi) is 6.41. The lowest BCUT2D eigenvalue weighted by atomic mass is 9.65. The van der Waals surface area contributed by atoms with Gasteiger partial charge in [0.15, 0.2) is 0 Å². The van der Waals surface area contributed by atoms with Crippen LogP contribution in [-0.2, 0) is 21.9 Å². The molecule has 196 valence electrons. The first-order chi connectivity index (χ1) is 17.5. The number of hydrogen-bond acceptors (Lipinski definition) is 4. The second-order valence-corrected chi connectivity index (χ2v) is 13.2. The molecule has 1 aliphatic heterocycles. The third-order valence-corrected chi connectivity index (χ3v) is 9.74. The minimum absolute atomic E-state index is 0.0689. The Labute approximate surface area is 218 Å². The van der Waals surface area contributed by atoms with E-state index in [9.17, 15) is 17.9 Å². The molecule has 0 amide bonds. The molecule has 1 unspecified atom stereocenters. The number of aromatic nitrogens is 2. The third-order valence-electron chi connectivity index (χ3n) is 7.89. The van der Waals surface area contributed by atoms with Crippen LogP contribution in [0.4, 0.5) is 4.39 Å². The molecule has 0 spiro atoms. The summed E-state index contributed by atoms with van der Waals surface area (Å²) < 4.78 is 44.2. The lowest BCUT2D eigenvalue weighted by molar-refractivity contribution is 0.0208. The topological polar surface area (TPSA) is 75.4 Å². The highest BCUT2D eigenvalue weighted by molar-refractivity contribution is 7.89. The van der Waals surface area contributed by atoms with Crippen LogP contribution in [0.25, 0.3) is 11.8 Å². The number of benzene rings is 2. The van der Waals surface area contributed by atoms with Crippen LogP contribution >= 0.6 is 0 Å². The first kappa shape index (κ1) is 25.8. The van der Waals surface area contributed by atoms with E-state index in [1.54, 1.807) is 35.1 Å². The summed E-state index contributed by atoms with van der Waals surface area (Å²) in [7, 11) is -3.74. The van der Waals surface area contributed by atoms with E-state index in [0.717, 1.165) is 28.1 Å². The van der Waals surface area contributed by atoms with Gasteiger partial charge in [-0.2, -0.15) is 9.40 Å². The largest absolute Gasteiger partial charge is 0.392 e. The summed E-state index contributed by atoms with van der Waals surface area (Å²) in [5.41, 5.74) is 3.90. The molecule has 1 N–H and O–H groups in total. The molecule has 2 heterocycles. The average molecular weight is 524 g/mol. The Morgan fingerprint density at radius 2 is 1.78 bits per heavy atom. The summed E-state index contributed by atoms with van der Waals surface area (Å²) in [5, 5.41) is 15.8. The predicted octanol–water partition coefficient (Wildman–Crippen LogP) is 5.10. The number of nitrogens with zero attached hydrogens (tertiary/aromatic N) is 3.